The maximum Gasteiger partial charge on any atom is 0.281 e. The third-order valence-electron chi connectivity index (χ3n) is 1.19. The van der Waals surface area contributed by atoms with Gasteiger partial charge < -0.3 is 5.73 Å². The first-order valence-corrected chi connectivity index (χ1v) is 4.79. The topological polar surface area (TPSA) is 38.9 Å². The van der Waals surface area contributed by atoms with Gasteiger partial charge in [-0.15, -0.1) is 0 Å². The average Bonchev–Trinajstić information content (AvgIpc) is 1.96. The molecule has 1 aromatic heterocycles. The van der Waals surface area contributed by atoms with Gasteiger partial charge in [0, 0.05) is 3.57 Å². The summed E-state index contributed by atoms with van der Waals surface area (Å²) in [5, 5.41) is 0. The SMILES string of the molecule is Nc1nc(C(F)F)c(I)cc1Br. The maximum atomic E-state index is 12.2. The summed E-state index contributed by atoms with van der Waals surface area (Å²) in [6.07, 6.45) is -2.58. The van der Waals surface area contributed by atoms with E-state index in [1.54, 1.807) is 22.6 Å². The zero-order valence-corrected chi connectivity index (χ0v) is 9.43. The van der Waals surface area contributed by atoms with Crippen LogP contribution < -0.4 is 5.73 Å². The number of hydrogen-bond donors (Lipinski definition) is 1. The molecule has 0 fully saturated rings. The molecular weight excluding hydrogens is 345 g/mol. The van der Waals surface area contributed by atoms with Gasteiger partial charge in [-0.05, 0) is 44.6 Å². The van der Waals surface area contributed by atoms with E-state index in [4.69, 9.17) is 5.73 Å². The summed E-state index contributed by atoms with van der Waals surface area (Å²) in [5.74, 6) is 0.0886. The van der Waals surface area contributed by atoms with Crippen LogP contribution in [0.3, 0.4) is 0 Å². The van der Waals surface area contributed by atoms with Crippen LogP contribution in [0.25, 0.3) is 0 Å². The van der Waals surface area contributed by atoms with Crippen LogP contribution in [0.15, 0.2) is 10.5 Å². The Hall–Kier alpha value is 0.0200. The third-order valence-corrected chi connectivity index (χ3v) is 2.69. The number of pyridine rings is 1. The summed E-state index contributed by atoms with van der Waals surface area (Å²) in [4.78, 5) is 3.55. The average molecular weight is 349 g/mol. The molecule has 2 N–H and O–H groups in total. The molecule has 0 aliphatic carbocycles. The highest BCUT2D eigenvalue weighted by atomic mass is 127. The Morgan fingerprint density at radius 1 is 1.58 bits per heavy atom. The molecule has 0 amide bonds. The third kappa shape index (κ3) is 2.03. The van der Waals surface area contributed by atoms with E-state index in [0.717, 1.165) is 0 Å². The molecule has 1 heterocycles. The second-order valence-electron chi connectivity index (χ2n) is 2.02. The van der Waals surface area contributed by atoms with E-state index in [0.29, 0.717) is 8.04 Å². The summed E-state index contributed by atoms with van der Waals surface area (Å²) in [6, 6.07) is 1.52. The second kappa shape index (κ2) is 3.82. The lowest BCUT2D eigenvalue weighted by Gasteiger charge is -2.04. The van der Waals surface area contributed by atoms with E-state index < -0.39 is 6.43 Å². The van der Waals surface area contributed by atoms with Crippen molar-refractivity contribution in [1.82, 2.24) is 4.98 Å². The zero-order chi connectivity index (χ0) is 9.30. The molecule has 0 saturated carbocycles. The Bertz CT molecular complexity index is 306. The monoisotopic (exact) mass is 348 g/mol. The summed E-state index contributed by atoms with van der Waals surface area (Å²) in [5.41, 5.74) is 5.07. The van der Waals surface area contributed by atoms with Crippen molar-refractivity contribution in [3.63, 3.8) is 0 Å². The molecule has 0 atom stereocenters. The summed E-state index contributed by atoms with van der Waals surface area (Å²) >= 11 is 4.88. The van der Waals surface area contributed by atoms with E-state index >= 15 is 0 Å². The molecule has 0 spiro atoms. The Balaban J connectivity index is 3.23. The van der Waals surface area contributed by atoms with Gasteiger partial charge in [-0.2, -0.15) is 0 Å². The molecule has 66 valence electrons. The van der Waals surface area contributed by atoms with Crippen LogP contribution in [0.1, 0.15) is 12.1 Å². The number of alkyl halides is 2. The highest BCUT2D eigenvalue weighted by Gasteiger charge is 2.15. The number of nitrogen functional groups attached to an aromatic ring is 1. The van der Waals surface area contributed by atoms with Crippen molar-refractivity contribution in [1.29, 1.82) is 0 Å². The fourth-order valence-electron chi connectivity index (χ4n) is 0.649. The zero-order valence-electron chi connectivity index (χ0n) is 5.69. The largest absolute Gasteiger partial charge is 0.383 e. The van der Waals surface area contributed by atoms with Crippen LogP contribution in [0.5, 0.6) is 0 Å². The van der Waals surface area contributed by atoms with Gasteiger partial charge in [0.15, 0.2) is 0 Å². The minimum Gasteiger partial charge on any atom is -0.383 e. The van der Waals surface area contributed by atoms with Crippen LogP contribution in [0.4, 0.5) is 14.6 Å². The molecular formula is C6H4BrF2IN2. The number of halogens is 4. The summed E-state index contributed by atoms with van der Waals surface area (Å²) < 4.78 is 25.3. The fourth-order valence-corrected chi connectivity index (χ4v) is 2.06. The molecule has 0 bridgehead atoms. The molecule has 0 aromatic carbocycles. The van der Waals surface area contributed by atoms with E-state index in [-0.39, 0.29) is 11.5 Å². The standard InChI is InChI=1S/C6H4BrF2IN2/c7-2-1-3(10)4(5(8)9)12-6(2)11/h1,5H,(H2,11,12). The van der Waals surface area contributed by atoms with Crippen LogP contribution in [0.2, 0.25) is 0 Å². The first kappa shape index (κ1) is 10.1. The van der Waals surface area contributed by atoms with Crippen molar-refractivity contribution in [2.75, 3.05) is 5.73 Å². The Kier molecular flexibility index (Phi) is 3.22. The lowest BCUT2D eigenvalue weighted by Crippen LogP contribution is -2.00. The molecule has 0 aliphatic heterocycles. The molecule has 2 nitrogen and oxygen atoms in total. The van der Waals surface area contributed by atoms with Gasteiger partial charge in [-0.3, -0.25) is 0 Å². The van der Waals surface area contributed by atoms with Crippen molar-refractivity contribution >= 4 is 44.3 Å². The van der Waals surface area contributed by atoms with Crippen LogP contribution in [-0.2, 0) is 0 Å². The quantitative estimate of drug-likeness (QED) is 0.792. The number of rotatable bonds is 1. The van der Waals surface area contributed by atoms with Crippen molar-refractivity contribution in [3.8, 4) is 0 Å². The molecule has 6 heteroatoms. The maximum absolute atomic E-state index is 12.2. The Labute approximate surface area is 89.8 Å². The molecule has 0 aliphatic rings. The first-order chi connectivity index (χ1) is 5.52. The predicted molar refractivity (Wildman–Crippen MR) is 54.0 cm³/mol. The van der Waals surface area contributed by atoms with E-state index in [2.05, 4.69) is 20.9 Å². The Morgan fingerprint density at radius 3 is 2.67 bits per heavy atom. The smallest absolute Gasteiger partial charge is 0.281 e. The van der Waals surface area contributed by atoms with Gasteiger partial charge in [0.2, 0.25) is 0 Å². The number of anilines is 1. The summed E-state index contributed by atoms with van der Waals surface area (Å²) in [6.45, 7) is 0. The van der Waals surface area contributed by atoms with Crippen molar-refractivity contribution in [2.24, 2.45) is 0 Å². The minimum atomic E-state index is -2.58. The number of nitrogens with zero attached hydrogens (tertiary/aromatic N) is 1. The van der Waals surface area contributed by atoms with Crippen LogP contribution >= 0.6 is 38.5 Å². The second-order valence-corrected chi connectivity index (χ2v) is 4.04. The number of nitrogens with two attached hydrogens (primary N) is 1. The normalized spacial score (nSPS) is 10.8. The van der Waals surface area contributed by atoms with Crippen LogP contribution in [0, 0.1) is 3.57 Å². The molecule has 1 aromatic rings. The van der Waals surface area contributed by atoms with Gasteiger partial charge in [0.25, 0.3) is 6.43 Å². The molecule has 0 unspecified atom stereocenters. The minimum absolute atomic E-state index is 0.0886. The predicted octanol–water partition coefficient (Wildman–Crippen LogP) is 2.97. The van der Waals surface area contributed by atoms with E-state index in [9.17, 15) is 8.78 Å². The fraction of sp³-hybridized carbons (Fsp3) is 0.167. The number of aromatic nitrogens is 1. The van der Waals surface area contributed by atoms with E-state index in [1.807, 2.05) is 0 Å². The molecule has 1 rings (SSSR count). The van der Waals surface area contributed by atoms with Gasteiger partial charge in [0.1, 0.15) is 11.5 Å². The van der Waals surface area contributed by atoms with E-state index in [1.165, 1.54) is 6.07 Å². The molecule has 0 radical (unpaired) electrons. The summed E-state index contributed by atoms with van der Waals surface area (Å²) in [7, 11) is 0. The van der Waals surface area contributed by atoms with Gasteiger partial charge in [-0.25, -0.2) is 13.8 Å². The molecule has 12 heavy (non-hydrogen) atoms. The van der Waals surface area contributed by atoms with Crippen molar-refractivity contribution < 1.29 is 8.78 Å². The highest BCUT2D eigenvalue weighted by Crippen LogP contribution is 2.27. The highest BCUT2D eigenvalue weighted by molar-refractivity contribution is 14.1. The van der Waals surface area contributed by atoms with Gasteiger partial charge >= 0.3 is 0 Å². The van der Waals surface area contributed by atoms with Gasteiger partial charge in [-0.1, -0.05) is 0 Å². The first-order valence-electron chi connectivity index (χ1n) is 2.92. The van der Waals surface area contributed by atoms with Crippen LogP contribution in [-0.4, -0.2) is 4.98 Å². The molecule has 0 saturated heterocycles. The Morgan fingerprint density at radius 2 is 2.17 bits per heavy atom. The lowest BCUT2D eigenvalue weighted by molar-refractivity contribution is 0.145. The van der Waals surface area contributed by atoms with Crippen molar-refractivity contribution in [3.05, 3.63) is 19.8 Å². The van der Waals surface area contributed by atoms with Gasteiger partial charge in [0.05, 0.1) is 4.47 Å². The van der Waals surface area contributed by atoms with Crippen molar-refractivity contribution in [2.45, 2.75) is 6.43 Å². The lowest BCUT2D eigenvalue weighted by atomic mass is 10.3. The number of hydrogen-bond acceptors (Lipinski definition) is 2.